The van der Waals surface area contributed by atoms with Gasteiger partial charge in [-0.05, 0) is 74.7 Å². The molecule has 2 aromatic carbocycles. The van der Waals surface area contributed by atoms with Crippen LogP contribution in [0.3, 0.4) is 0 Å². The third-order valence-electron chi connectivity index (χ3n) is 4.79. The predicted octanol–water partition coefficient (Wildman–Crippen LogP) is 5.33. The summed E-state index contributed by atoms with van der Waals surface area (Å²) in [5, 5.41) is 0. The van der Waals surface area contributed by atoms with Crippen molar-refractivity contribution in [3.05, 3.63) is 80.5 Å². The molecular weight excluding hydrogens is 418 g/mol. The summed E-state index contributed by atoms with van der Waals surface area (Å²) < 4.78 is 6.14. The highest BCUT2D eigenvalue weighted by molar-refractivity contribution is 9.10. The smallest absolute Gasteiger partial charge is 0.340 e. The van der Waals surface area contributed by atoms with Crippen LogP contribution in [0.15, 0.2) is 63.8 Å². The summed E-state index contributed by atoms with van der Waals surface area (Å²) in [4.78, 5) is 27.6. The van der Waals surface area contributed by atoms with Gasteiger partial charge in [-0.3, -0.25) is 9.69 Å². The van der Waals surface area contributed by atoms with Crippen molar-refractivity contribution in [3.8, 4) is 0 Å². The summed E-state index contributed by atoms with van der Waals surface area (Å²) in [5.41, 5.74) is 5.03. The Kier molecular flexibility index (Phi) is 5.84. The molecule has 0 unspecified atom stereocenters. The van der Waals surface area contributed by atoms with Gasteiger partial charge in [0.1, 0.15) is 0 Å². The van der Waals surface area contributed by atoms with E-state index in [1.807, 2.05) is 56.3 Å². The standard InChI is InChI=1S/C23H22BrNO3/c1-5-28-23(27)21-16(4)25(19-10-9-14(2)15(3)11-19)22(26)20(21)13-17-7-6-8-18(24)12-17/h6-13H,5H2,1-4H3/b20-13+. The van der Waals surface area contributed by atoms with Crippen LogP contribution in [0.4, 0.5) is 5.69 Å². The van der Waals surface area contributed by atoms with E-state index < -0.39 is 5.97 Å². The molecule has 0 saturated heterocycles. The number of ether oxygens (including phenoxy) is 1. The topological polar surface area (TPSA) is 46.6 Å². The fraction of sp³-hybridized carbons (Fsp3) is 0.217. The molecule has 1 aliphatic rings. The quantitative estimate of drug-likeness (QED) is 0.477. The number of carbonyl (C=O) groups excluding carboxylic acids is 2. The molecule has 0 saturated carbocycles. The molecule has 28 heavy (non-hydrogen) atoms. The van der Waals surface area contributed by atoms with Crippen LogP contribution < -0.4 is 4.90 Å². The number of aryl methyl sites for hydroxylation is 2. The van der Waals surface area contributed by atoms with E-state index in [2.05, 4.69) is 15.9 Å². The Labute approximate surface area is 173 Å². The minimum Gasteiger partial charge on any atom is -0.462 e. The Morgan fingerprint density at radius 3 is 2.50 bits per heavy atom. The van der Waals surface area contributed by atoms with Crippen molar-refractivity contribution in [1.82, 2.24) is 0 Å². The average Bonchev–Trinajstić information content (AvgIpc) is 2.88. The van der Waals surface area contributed by atoms with Crippen LogP contribution >= 0.6 is 15.9 Å². The van der Waals surface area contributed by atoms with Gasteiger partial charge in [0.15, 0.2) is 0 Å². The Balaban J connectivity index is 2.15. The number of allylic oxidation sites excluding steroid dienone is 1. The lowest BCUT2D eigenvalue weighted by molar-refractivity contribution is -0.138. The first-order valence-electron chi connectivity index (χ1n) is 9.10. The summed E-state index contributed by atoms with van der Waals surface area (Å²) in [6.45, 7) is 7.81. The first kappa shape index (κ1) is 20.1. The molecule has 5 heteroatoms. The van der Waals surface area contributed by atoms with Crippen LogP contribution in [-0.4, -0.2) is 18.5 Å². The third-order valence-corrected chi connectivity index (χ3v) is 5.28. The van der Waals surface area contributed by atoms with Crippen molar-refractivity contribution in [2.45, 2.75) is 27.7 Å². The first-order chi connectivity index (χ1) is 13.3. The number of carbonyl (C=O) groups is 2. The van der Waals surface area contributed by atoms with Gasteiger partial charge in [0, 0.05) is 15.9 Å². The number of rotatable bonds is 4. The SMILES string of the molecule is CCOC(=O)C1=C(C)N(c2ccc(C)c(C)c2)C(=O)/C1=C/c1cccc(Br)c1. The number of halogens is 1. The van der Waals surface area contributed by atoms with Gasteiger partial charge >= 0.3 is 5.97 Å². The van der Waals surface area contributed by atoms with Crippen LogP contribution in [0.25, 0.3) is 6.08 Å². The number of hydrogen-bond donors (Lipinski definition) is 0. The fourth-order valence-corrected chi connectivity index (χ4v) is 3.64. The van der Waals surface area contributed by atoms with E-state index in [0.29, 0.717) is 16.8 Å². The summed E-state index contributed by atoms with van der Waals surface area (Å²) in [5.74, 6) is -0.718. The van der Waals surface area contributed by atoms with Crippen molar-refractivity contribution in [2.75, 3.05) is 11.5 Å². The lowest BCUT2D eigenvalue weighted by Gasteiger charge is -2.19. The largest absolute Gasteiger partial charge is 0.462 e. The van der Waals surface area contributed by atoms with Crippen molar-refractivity contribution in [3.63, 3.8) is 0 Å². The second-order valence-corrected chi connectivity index (χ2v) is 7.62. The number of benzene rings is 2. The lowest BCUT2D eigenvalue weighted by atomic mass is 10.0. The molecule has 0 aromatic heterocycles. The monoisotopic (exact) mass is 439 g/mol. The molecule has 3 rings (SSSR count). The van der Waals surface area contributed by atoms with Crippen LogP contribution in [-0.2, 0) is 14.3 Å². The maximum absolute atomic E-state index is 13.3. The second-order valence-electron chi connectivity index (χ2n) is 6.70. The molecule has 0 bridgehead atoms. The van der Waals surface area contributed by atoms with E-state index in [-0.39, 0.29) is 12.5 Å². The van der Waals surface area contributed by atoms with Gasteiger partial charge in [-0.15, -0.1) is 0 Å². The summed E-state index contributed by atoms with van der Waals surface area (Å²) in [7, 11) is 0. The molecule has 0 spiro atoms. The molecule has 0 aliphatic carbocycles. The first-order valence-corrected chi connectivity index (χ1v) is 9.90. The second kappa shape index (κ2) is 8.15. The lowest BCUT2D eigenvalue weighted by Crippen LogP contribution is -2.24. The minimum atomic E-state index is -0.485. The van der Waals surface area contributed by atoms with E-state index >= 15 is 0 Å². The average molecular weight is 440 g/mol. The maximum Gasteiger partial charge on any atom is 0.340 e. The number of nitrogens with zero attached hydrogens (tertiary/aromatic N) is 1. The summed E-state index contributed by atoms with van der Waals surface area (Å²) in [6.07, 6.45) is 1.74. The summed E-state index contributed by atoms with van der Waals surface area (Å²) in [6, 6.07) is 13.4. The zero-order chi connectivity index (χ0) is 20.4. The predicted molar refractivity (Wildman–Crippen MR) is 115 cm³/mol. The Morgan fingerprint density at radius 2 is 1.86 bits per heavy atom. The molecule has 0 radical (unpaired) electrons. The van der Waals surface area contributed by atoms with E-state index in [9.17, 15) is 9.59 Å². The maximum atomic E-state index is 13.3. The Morgan fingerprint density at radius 1 is 1.11 bits per heavy atom. The van der Waals surface area contributed by atoms with Gasteiger partial charge < -0.3 is 4.74 Å². The molecule has 0 atom stereocenters. The highest BCUT2D eigenvalue weighted by atomic mass is 79.9. The van der Waals surface area contributed by atoms with E-state index in [1.165, 1.54) is 0 Å². The molecule has 2 aromatic rings. The van der Waals surface area contributed by atoms with Crippen molar-refractivity contribution in [2.24, 2.45) is 0 Å². The molecule has 1 aliphatic heterocycles. The van der Waals surface area contributed by atoms with Crippen LogP contribution in [0.5, 0.6) is 0 Å². The number of amides is 1. The van der Waals surface area contributed by atoms with Crippen LogP contribution in [0, 0.1) is 13.8 Å². The third kappa shape index (κ3) is 3.80. The van der Waals surface area contributed by atoms with Crippen LogP contribution in [0.2, 0.25) is 0 Å². The number of hydrogen-bond acceptors (Lipinski definition) is 3. The number of anilines is 1. The van der Waals surface area contributed by atoms with Crippen molar-refractivity contribution < 1.29 is 14.3 Å². The van der Waals surface area contributed by atoms with E-state index in [1.54, 1.807) is 24.8 Å². The van der Waals surface area contributed by atoms with Crippen molar-refractivity contribution in [1.29, 1.82) is 0 Å². The highest BCUT2D eigenvalue weighted by Gasteiger charge is 2.38. The summed E-state index contributed by atoms with van der Waals surface area (Å²) >= 11 is 3.44. The molecule has 0 N–H and O–H groups in total. The van der Waals surface area contributed by atoms with E-state index in [4.69, 9.17) is 4.74 Å². The van der Waals surface area contributed by atoms with Gasteiger partial charge in [-0.25, -0.2) is 4.79 Å². The molecule has 144 valence electrons. The molecule has 1 heterocycles. The molecule has 4 nitrogen and oxygen atoms in total. The van der Waals surface area contributed by atoms with Gasteiger partial charge in [0.25, 0.3) is 5.91 Å². The highest BCUT2D eigenvalue weighted by Crippen LogP contribution is 2.36. The zero-order valence-electron chi connectivity index (χ0n) is 16.4. The Bertz CT molecular complexity index is 1020. The Hall–Kier alpha value is -2.66. The fourth-order valence-electron chi connectivity index (χ4n) is 3.22. The molecule has 1 amide bonds. The normalized spacial score (nSPS) is 15.5. The van der Waals surface area contributed by atoms with Gasteiger partial charge in [-0.2, -0.15) is 0 Å². The molecular formula is C23H22BrNO3. The number of esters is 1. The van der Waals surface area contributed by atoms with Gasteiger partial charge in [0.05, 0.1) is 17.8 Å². The van der Waals surface area contributed by atoms with Gasteiger partial charge in [0.2, 0.25) is 0 Å². The van der Waals surface area contributed by atoms with Crippen molar-refractivity contribution >= 4 is 39.6 Å². The minimum absolute atomic E-state index is 0.233. The van der Waals surface area contributed by atoms with E-state index in [0.717, 1.165) is 26.9 Å². The van der Waals surface area contributed by atoms with Gasteiger partial charge in [-0.1, -0.05) is 34.1 Å². The van der Waals surface area contributed by atoms with Crippen LogP contribution in [0.1, 0.15) is 30.5 Å². The zero-order valence-corrected chi connectivity index (χ0v) is 18.0. The molecule has 0 fully saturated rings.